The van der Waals surface area contributed by atoms with E-state index in [9.17, 15) is 9.59 Å². The van der Waals surface area contributed by atoms with E-state index >= 15 is 0 Å². The molecule has 1 unspecified atom stereocenters. The third-order valence-electron chi connectivity index (χ3n) is 3.05. The summed E-state index contributed by atoms with van der Waals surface area (Å²) >= 11 is 0. The van der Waals surface area contributed by atoms with Crippen molar-refractivity contribution in [1.29, 1.82) is 0 Å². The molecule has 0 aromatic heterocycles. The average Bonchev–Trinajstić information content (AvgIpc) is 2.67. The summed E-state index contributed by atoms with van der Waals surface area (Å²) in [6.45, 7) is 8.04. The van der Waals surface area contributed by atoms with E-state index < -0.39 is 23.2 Å². The summed E-state index contributed by atoms with van der Waals surface area (Å²) < 4.78 is 10.4. The molecule has 1 aliphatic heterocycles. The summed E-state index contributed by atoms with van der Waals surface area (Å²) in [5.41, 5.74) is 3.79. The highest BCUT2D eigenvalue weighted by atomic mass is 16.6. The monoisotopic (exact) mass is 272 g/mol. The van der Waals surface area contributed by atoms with Crippen LogP contribution in [0.2, 0.25) is 0 Å². The van der Waals surface area contributed by atoms with Gasteiger partial charge in [-0.05, 0) is 40.5 Å². The highest BCUT2D eigenvalue weighted by Gasteiger charge is 2.48. The van der Waals surface area contributed by atoms with Gasteiger partial charge in [0.2, 0.25) is 0 Å². The first kappa shape index (κ1) is 15.8. The molecule has 19 heavy (non-hydrogen) atoms. The standard InChI is InChI=1S/C13H24N2O4/c1-12(2,3)19-11(17)15-8-5-6-13(15,4)10(16)18-9-7-14/h5-9,14H2,1-4H3. The van der Waals surface area contributed by atoms with Crippen molar-refractivity contribution in [2.45, 2.75) is 51.7 Å². The zero-order valence-electron chi connectivity index (χ0n) is 12.2. The van der Waals surface area contributed by atoms with Crippen LogP contribution in [0.15, 0.2) is 0 Å². The van der Waals surface area contributed by atoms with Crippen molar-refractivity contribution in [2.75, 3.05) is 19.7 Å². The molecule has 1 rings (SSSR count). The summed E-state index contributed by atoms with van der Waals surface area (Å²) in [6.07, 6.45) is 0.862. The molecule has 0 aliphatic carbocycles. The van der Waals surface area contributed by atoms with Crippen molar-refractivity contribution in [3.63, 3.8) is 0 Å². The molecule has 1 heterocycles. The second-order valence-electron chi connectivity index (χ2n) is 5.93. The van der Waals surface area contributed by atoms with Crippen LogP contribution >= 0.6 is 0 Å². The van der Waals surface area contributed by atoms with Crippen molar-refractivity contribution in [1.82, 2.24) is 4.90 Å². The Labute approximate surface area is 114 Å². The number of amides is 1. The lowest BCUT2D eigenvalue weighted by Gasteiger charge is -2.34. The van der Waals surface area contributed by atoms with Gasteiger partial charge in [0.15, 0.2) is 0 Å². The molecular formula is C13H24N2O4. The van der Waals surface area contributed by atoms with Crippen LogP contribution in [0.25, 0.3) is 0 Å². The fourth-order valence-electron chi connectivity index (χ4n) is 2.09. The number of rotatable bonds is 3. The number of hydrogen-bond donors (Lipinski definition) is 1. The maximum atomic E-state index is 12.1. The van der Waals surface area contributed by atoms with Crippen LogP contribution in [-0.2, 0) is 14.3 Å². The Morgan fingerprint density at radius 2 is 2.00 bits per heavy atom. The van der Waals surface area contributed by atoms with Crippen molar-refractivity contribution < 1.29 is 19.1 Å². The van der Waals surface area contributed by atoms with Crippen LogP contribution < -0.4 is 5.73 Å². The minimum atomic E-state index is -0.947. The fraction of sp³-hybridized carbons (Fsp3) is 0.846. The molecule has 0 saturated carbocycles. The predicted octanol–water partition coefficient (Wildman–Crippen LogP) is 1.28. The fourth-order valence-corrected chi connectivity index (χ4v) is 2.09. The number of carbonyl (C=O) groups is 2. The van der Waals surface area contributed by atoms with E-state index in [-0.39, 0.29) is 13.2 Å². The van der Waals surface area contributed by atoms with Crippen molar-refractivity contribution in [3.05, 3.63) is 0 Å². The number of hydrogen-bond acceptors (Lipinski definition) is 5. The maximum Gasteiger partial charge on any atom is 0.411 e. The third-order valence-corrected chi connectivity index (χ3v) is 3.05. The Morgan fingerprint density at radius 3 is 2.53 bits per heavy atom. The summed E-state index contributed by atoms with van der Waals surface area (Å²) in [5, 5.41) is 0. The first-order chi connectivity index (χ1) is 8.70. The second kappa shape index (κ2) is 5.77. The SMILES string of the molecule is CC(C)(C)OC(=O)N1CCCC1(C)C(=O)OCCN. The third kappa shape index (κ3) is 3.83. The van der Waals surface area contributed by atoms with Crippen LogP contribution in [0.5, 0.6) is 0 Å². The second-order valence-corrected chi connectivity index (χ2v) is 5.93. The highest BCUT2D eigenvalue weighted by molar-refractivity contribution is 5.86. The van der Waals surface area contributed by atoms with Gasteiger partial charge in [-0.1, -0.05) is 0 Å². The van der Waals surface area contributed by atoms with Crippen LogP contribution in [-0.4, -0.2) is 47.8 Å². The Morgan fingerprint density at radius 1 is 1.37 bits per heavy atom. The number of nitrogens with zero attached hydrogens (tertiary/aromatic N) is 1. The van der Waals surface area contributed by atoms with Gasteiger partial charge in [-0.15, -0.1) is 0 Å². The van der Waals surface area contributed by atoms with Crippen molar-refractivity contribution in [2.24, 2.45) is 5.73 Å². The minimum Gasteiger partial charge on any atom is -0.463 e. The van der Waals surface area contributed by atoms with E-state index in [0.29, 0.717) is 13.0 Å². The Bertz CT molecular complexity index is 351. The zero-order valence-corrected chi connectivity index (χ0v) is 12.2. The van der Waals surface area contributed by atoms with Gasteiger partial charge in [0.1, 0.15) is 17.7 Å². The Balaban J connectivity index is 2.77. The van der Waals surface area contributed by atoms with Crippen LogP contribution in [0.3, 0.4) is 0 Å². The van der Waals surface area contributed by atoms with Crippen LogP contribution in [0.4, 0.5) is 4.79 Å². The number of esters is 1. The van der Waals surface area contributed by atoms with Gasteiger partial charge in [-0.2, -0.15) is 0 Å². The van der Waals surface area contributed by atoms with Gasteiger partial charge in [0.05, 0.1) is 0 Å². The summed E-state index contributed by atoms with van der Waals surface area (Å²) in [5.74, 6) is -0.415. The lowest BCUT2D eigenvalue weighted by molar-refractivity contribution is -0.154. The molecule has 1 atom stereocenters. The van der Waals surface area contributed by atoms with E-state index in [0.717, 1.165) is 6.42 Å². The molecule has 1 saturated heterocycles. The molecule has 6 heteroatoms. The number of ether oxygens (including phenoxy) is 2. The van der Waals surface area contributed by atoms with Crippen LogP contribution in [0.1, 0.15) is 40.5 Å². The van der Waals surface area contributed by atoms with Gasteiger partial charge in [-0.25, -0.2) is 9.59 Å². The van der Waals surface area contributed by atoms with Crippen molar-refractivity contribution in [3.8, 4) is 0 Å². The van der Waals surface area contributed by atoms with E-state index in [1.54, 1.807) is 27.7 Å². The molecule has 2 N–H and O–H groups in total. The lowest BCUT2D eigenvalue weighted by Crippen LogP contribution is -2.53. The quantitative estimate of drug-likeness (QED) is 0.783. The molecule has 6 nitrogen and oxygen atoms in total. The number of likely N-dealkylation sites (tertiary alicyclic amines) is 1. The predicted molar refractivity (Wildman–Crippen MR) is 70.6 cm³/mol. The molecule has 1 fully saturated rings. The van der Waals surface area contributed by atoms with Gasteiger partial charge < -0.3 is 15.2 Å². The van der Waals surface area contributed by atoms with Crippen LogP contribution in [0, 0.1) is 0 Å². The van der Waals surface area contributed by atoms with Gasteiger partial charge >= 0.3 is 12.1 Å². The Hall–Kier alpha value is -1.30. The van der Waals surface area contributed by atoms with E-state index in [1.165, 1.54) is 4.90 Å². The molecule has 1 amide bonds. The maximum absolute atomic E-state index is 12.1. The van der Waals surface area contributed by atoms with E-state index in [2.05, 4.69) is 0 Å². The molecule has 1 aliphatic rings. The molecule has 0 aromatic rings. The van der Waals surface area contributed by atoms with Gasteiger partial charge in [0.25, 0.3) is 0 Å². The van der Waals surface area contributed by atoms with Gasteiger partial charge in [-0.3, -0.25) is 4.90 Å². The molecule has 110 valence electrons. The van der Waals surface area contributed by atoms with Gasteiger partial charge in [0, 0.05) is 13.1 Å². The molecule has 0 spiro atoms. The van der Waals surface area contributed by atoms with Crippen molar-refractivity contribution >= 4 is 12.1 Å². The highest BCUT2D eigenvalue weighted by Crippen LogP contribution is 2.31. The summed E-state index contributed by atoms with van der Waals surface area (Å²) in [7, 11) is 0. The first-order valence-corrected chi connectivity index (χ1v) is 6.58. The smallest absolute Gasteiger partial charge is 0.411 e. The van der Waals surface area contributed by atoms with E-state index in [4.69, 9.17) is 15.2 Å². The first-order valence-electron chi connectivity index (χ1n) is 6.58. The number of nitrogens with two attached hydrogens (primary N) is 1. The average molecular weight is 272 g/mol. The summed E-state index contributed by atoms with van der Waals surface area (Å²) in [6, 6.07) is 0. The largest absolute Gasteiger partial charge is 0.463 e. The molecule has 0 radical (unpaired) electrons. The molecule has 0 bridgehead atoms. The summed E-state index contributed by atoms with van der Waals surface area (Å²) in [4.78, 5) is 25.7. The number of carbonyl (C=O) groups excluding carboxylic acids is 2. The molecular weight excluding hydrogens is 248 g/mol. The molecule has 0 aromatic carbocycles. The normalized spacial score (nSPS) is 23.3. The topological polar surface area (TPSA) is 81.9 Å². The minimum absolute atomic E-state index is 0.163. The Kier molecular flexibility index (Phi) is 4.79. The lowest BCUT2D eigenvalue weighted by atomic mass is 9.99. The van der Waals surface area contributed by atoms with E-state index in [1.807, 2.05) is 0 Å². The zero-order chi connectivity index (χ0) is 14.7.